The van der Waals surface area contributed by atoms with Crippen molar-refractivity contribution in [2.75, 3.05) is 13.1 Å². The molecule has 26 heavy (non-hydrogen) atoms. The van der Waals surface area contributed by atoms with E-state index >= 15 is 0 Å². The second-order valence-corrected chi connectivity index (χ2v) is 6.78. The lowest BCUT2D eigenvalue weighted by Gasteiger charge is -2.25. The first-order chi connectivity index (χ1) is 12.9. The highest BCUT2D eigenvalue weighted by Crippen LogP contribution is 2.30. The van der Waals surface area contributed by atoms with Crippen molar-refractivity contribution in [2.45, 2.75) is 18.9 Å². The van der Waals surface area contributed by atoms with Crippen LogP contribution >= 0.6 is 0 Å². The zero-order valence-electron chi connectivity index (χ0n) is 15.0. The van der Waals surface area contributed by atoms with Crippen LogP contribution in [0.25, 0.3) is 0 Å². The van der Waals surface area contributed by atoms with Gasteiger partial charge in [0.15, 0.2) is 0 Å². The van der Waals surface area contributed by atoms with Crippen LogP contribution in [0, 0.1) is 0 Å². The van der Waals surface area contributed by atoms with Gasteiger partial charge in [-0.2, -0.15) is 0 Å². The number of nitrogens with zero attached hydrogens (tertiary/aromatic N) is 2. The summed E-state index contributed by atoms with van der Waals surface area (Å²) in [5.41, 5.74) is 4.05. The summed E-state index contributed by atoms with van der Waals surface area (Å²) in [7, 11) is 0. The van der Waals surface area contributed by atoms with E-state index < -0.39 is 0 Å². The summed E-state index contributed by atoms with van der Waals surface area (Å²) in [4.78, 5) is 7.29. The zero-order valence-corrected chi connectivity index (χ0v) is 15.0. The van der Waals surface area contributed by atoms with Crippen molar-refractivity contribution >= 4 is 5.84 Å². The van der Waals surface area contributed by atoms with Gasteiger partial charge in [-0.15, -0.1) is 0 Å². The molecule has 0 bridgehead atoms. The Morgan fingerprint density at radius 1 is 0.731 bits per heavy atom. The average Bonchev–Trinajstić information content (AvgIpc) is 3.15. The molecule has 0 N–H and O–H groups in total. The molecule has 2 heteroatoms. The predicted octanol–water partition coefficient (Wildman–Crippen LogP) is 5.12. The number of benzene rings is 3. The summed E-state index contributed by atoms with van der Waals surface area (Å²) < 4.78 is 0. The summed E-state index contributed by atoms with van der Waals surface area (Å²) in [6.45, 7) is 2.86. The second kappa shape index (κ2) is 8.01. The predicted molar refractivity (Wildman–Crippen MR) is 108 cm³/mol. The van der Waals surface area contributed by atoms with Gasteiger partial charge in [-0.05, 0) is 16.7 Å². The summed E-state index contributed by atoms with van der Waals surface area (Å²) in [6.07, 6.45) is 0.945. The number of aliphatic imine (C=N–C) groups is 1. The molecule has 2 nitrogen and oxygen atoms in total. The van der Waals surface area contributed by atoms with E-state index in [2.05, 4.69) is 95.9 Å². The Hall–Kier alpha value is -2.87. The van der Waals surface area contributed by atoms with Crippen molar-refractivity contribution < 1.29 is 0 Å². The molecule has 1 aliphatic heterocycles. The minimum absolute atomic E-state index is 0.340. The third kappa shape index (κ3) is 3.85. The first-order valence-corrected chi connectivity index (χ1v) is 9.32. The molecule has 3 aromatic rings. The molecule has 3 aromatic carbocycles. The van der Waals surface area contributed by atoms with Crippen molar-refractivity contribution in [3.05, 3.63) is 108 Å². The van der Waals surface area contributed by atoms with Gasteiger partial charge in [0.2, 0.25) is 0 Å². The maximum Gasteiger partial charge on any atom is 0.100 e. The average molecular weight is 340 g/mol. The Bertz CT molecular complexity index is 802. The van der Waals surface area contributed by atoms with Crippen LogP contribution in [0.1, 0.15) is 29.0 Å². The van der Waals surface area contributed by atoms with Gasteiger partial charge in [0.1, 0.15) is 5.84 Å². The highest BCUT2D eigenvalue weighted by Gasteiger charge is 2.23. The van der Waals surface area contributed by atoms with E-state index in [0.717, 1.165) is 26.1 Å². The van der Waals surface area contributed by atoms with Crippen molar-refractivity contribution in [3.8, 4) is 0 Å². The topological polar surface area (TPSA) is 15.6 Å². The monoisotopic (exact) mass is 340 g/mol. The molecule has 0 aromatic heterocycles. The molecule has 1 aliphatic rings. The largest absolute Gasteiger partial charge is 0.354 e. The van der Waals surface area contributed by atoms with Crippen LogP contribution in [0.3, 0.4) is 0 Å². The SMILES string of the molecule is c1ccc(CN2CCN=C2CC(c2ccccc2)c2ccccc2)cc1. The summed E-state index contributed by atoms with van der Waals surface area (Å²) in [5.74, 6) is 1.57. The van der Waals surface area contributed by atoms with Crippen molar-refractivity contribution in [3.63, 3.8) is 0 Å². The Kier molecular flexibility index (Phi) is 5.11. The summed E-state index contributed by atoms with van der Waals surface area (Å²) in [6, 6.07) is 32.3. The molecule has 0 spiro atoms. The van der Waals surface area contributed by atoms with Gasteiger partial charge in [-0.1, -0.05) is 91.0 Å². The smallest absolute Gasteiger partial charge is 0.100 e. The van der Waals surface area contributed by atoms with Gasteiger partial charge in [0.05, 0.1) is 6.54 Å². The number of amidine groups is 1. The lowest BCUT2D eigenvalue weighted by atomic mass is 9.88. The summed E-state index contributed by atoms with van der Waals surface area (Å²) >= 11 is 0. The van der Waals surface area contributed by atoms with Crippen LogP contribution in [0.2, 0.25) is 0 Å². The molecular formula is C24H24N2. The van der Waals surface area contributed by atoms with Crippen LogP contribution in [-0.4, -0.2) is 23.8 Å². The maximum absolute atomic E-state index is 4.85. The fourth-order valence-corrected chi connectivity index (χ4v) is 3.68. The fourth-order valence-electron chi connectivity index (χ4n) is 3.68. The van der Waals surface area contributed by atoms with E-state index in [1.165, 1.54) is 22.5 Å². The minimum Gasteiger partial charge on any atom is -0.354 e. The van der Waals surface area contributed by atoms with Gasteiger partial charge in [-0.25, -0.2) is 0 Å². The van der Waals surface area contributed by atoms with Gasteiger partial charge in [0.25, 0.3) is 0 Å². The number of hydrogen-bond donors (Lipinski definition) is 0. The van der Waals surface area contributed by atoms with Crippen LogP contribution in [0.5, 0.6) is 0 Å². The molecule has 130 valence electrons. The van der Waals surface area contributed by atoms with Crippen molar-refractivity contribution in [2.24, 2.45) is 4.99 Å². The normalized spacial score (nSPS) is 13.9. The minimum atomic E-state index is 0.340. The van der Waals surface area contributed by atoms with Gasteiger partial charge in [0, 0.05) is 25.4 Å². The van der Waals surface area contributed by atoms with E-state index in [9.17, 15) is 0 Å². The first-order valence-electron chi connectivity index (χ1n) is 9.32. The highest BCUT2D eigenvalue weighted by atomic mass is 15.2. The van der Waals surface area contributed by atoms with Crippen LogP contribution < -0.4 is 0 Å². The zero-order chi connectivity index (χ0) is 17.6. The molecular weight excluding hydrogens is 316 g/mol. The molecule has 0 saturated heterocycles. The van der Waals surface area contributed by atoms with E-state index in [4.69, 9.17) is 4.99 Å². The Balaban J connectivity index is 1.57. The van der Waals surface area contributed by atoms with Gasteiger partial charge < -0.3 is 4.90 Å². The molecule has 0 radical (unpaired) electrons. The van der Waals surface area contributed by atoms with Crippen molar-refractivity contribution in [1.29, 1.82) is 0 Å². The fraction of sp³-hybridized carbons (Fsp3) is 0.208. The molecule has 0 fully saturated rings. The number of rotatable bonds is 6. The molecule has 0 unspecified atom stereocenters. The van der Waals surface area contributed by atoms with E-state index in [1.807, 2.05) is 0 Å². The third-order valence-corrected chi connectivity index (χ3v) is 5.04. The highest BCUT2D eigenvalue weighted by molar-refractivity contribution is 5.85. The summed E-state index contributed by atoms with van der Waals surface area (Å²) in [5, 5.41) is 0. The molecule has 0 atom stereocenters. The first kappa shape index (κ1) is 16.6. The van der Waals surface area contributed by atoms with E-state index in [-0.39, 0.29) is 0 Å². The van der Waals surface area contributed by atoms with Crippen LogP contribution in [-0.2, 0) is 6.54 Å². The second-order valence-electron chi connectivity index (χ2n) is 6.78. The Labute approximate surface area is 155 Å². The lowest BCUT2D eigenvalue weighted by molar-refractivity contribution is 0.441. The van der Waals surface area contributed by atoms with Gasteiger partial charge in [-0.3, -0.25) is 4.99 Å². The van der Waals surface area contributed by atoms with Crippen LogP contribution in [0.15, 0.2) is 96.0 Å². The number of hydrogen-bond acceptors (Lipinski definition) is 2. The standard InChI is InChI=1S/C24H24N2/c1-4-10-20(11-5-1)19-26-17-16-25-24(26)18-23(21-12-6-2-7-13-21)22-14-8-3-9-15-22/h1-15,23H,16-19H2. The van der Waals surface area contributed by atoms with Gasteiger partial charge >= 0.3 is 0 Å². The molecule has 1 heterocycles. The van der Waals surface area contributed by atoms with E-state index in [1.54, 1.807) is 0 Å². The van der Waals surface area contributed by atoms with E-state index in [0.29, 0.717) is 5.92 Å². The Morgan fingerprint density at radius 3 is 1.85 bits per heavy atom. The Morgan fingerprint density at radius 2 is 1.27 bits per heavy atom. The molecule has 4 rings (SSSR count). The lowest BCUT2D eigenvalue weighted by Crippen LogP contribution is -2.28. The maximum atomic E-state index is 4.85. The third-order valence-electron chi connectivity index (χ3n) is 5.04. The van der Waals surface area contributed by atoms with Crippen molar-refractivity contribution in [1.82, 2.24) is 4.90 Å². The quantitative estimate of drug-likeness (QED) is 0.608. The molecule has 0 aliphatic carbocycles. The molecule has 0 saturated carbocycles. The van der Waals surface area contributed by atoms with Crippen LogP contribution in [0.4, 0.5) is 0 Å². The molecule has 0 amide bonds.